The van der Waals surface area contributed by atoms with Crippen LogP contribution in [0, 0.1) is 23.7 Å². The van der Waals surface area contributed by atoms with E-state index in [4.69, 9.17) is 0 Å². The minimum Gasteiger partial charge on any atom is -0.481 e. The van der Waals surface area contributed by atoms with Crippen molar-refractivity contribution in [2.45, 2.75) is 31.8 Å². The van der Waals surface area contributed by atoms with E-state index in [-0.39, 0.29) is 23.8 Å². The third-order valence-electron chi connectivity index (χ3n) is 6.23. The molecule has 0 aromatic heterocycles. The SMILES string of the molecule is O=C(O)[C@@H]1[C@@H](C(=O)NC2CCN(Cc3ccccc3)CC2)[C@H]2C=C[C@@H]1C2. The molecule has 2 N–H and O–H groups in total. The van der Waals surface area contributed by atoms with Gasteiger partial charge >= 0.3 is 5.97 Å². The molecule has 138 valence electrons. The van der Waals surface area contributed by atoms with Gasteiger partial charge in [-0.3, -0.25) is 14.5 Å². The minimum atomic E-state index is -0.834. The molecule has 5 nitrogen and oxygen atoms in total. The number of likely N-dealkylation sites (tertiary alicyclic amines) is 1. The maximum atomic E-state index is 12.8. The van der Waals surface area contributed by atoms with Gasteiger partial charge in [0.05, 0.1) is 11.8 Å². The van der Waals surface area contributed by atoms with Crippen LogP contribution in [0.5, 0.6) is 0 Å². The van der Waals surface area contributed by atoms with Crippen LogP contribution in [0.1, 0.15) is 24.8 Å². The van der Waals surface area contributed by atoms with Crippen LogP contribution >= 0.6 is 0 Å². The summed E-state index contributed by atoms with van der Waals surface area (Å²) in [6.45, 7) is 2.86. The Hall–Kier alpha value is -2.14. The van der Waals surface area contributed by atoms with Gasteiger partial charge in [-0.1, -0.05) is 42.5 Å². The third-order valence-corrected chi connectivity index (χ3v) is 6.23. The molecule has 0 spiro atoms. The molecular formula is C21H26N2O3. The number of nitrogens with one attached hydrogen (secondary N) is 1. The number of hydrogen-bond acceptors (Lipinski definition) is 3. The first kappa shape index (κ1) is 17.3. The first-order chi connectivity index (χ1) is 12.6. The monoisotopic (exact) mass is 354 g/mol. The Morgan fingerprint density at radius 2 is 1.69 bits per heavy atom. The number of aliphatic carboxylic acids is 1. The fourth-order valence-electron chi connectivity index (χ4n) is 4.89. The Morgan fingerprint density at radius 3 is 2.35 bits per heavy atom. The van der Waals surface area contributed by atoms with Crippen LogP contribution in [0.25, 0.3) is 0 Å². The highest BCUT2D eigenvalue weighted by atomic mass is 16.4. The molecule has 0 unspecified atom stereocenters. The van der Waals surface area contributed by atoms with Crippen molar-refractivity contribution >= 4 is 11.9 Å². The lowest BCUT2D eigenvalue weighted by Crippen LogP contribution is -2.48. The van der Waals surface area contributed by atoms with Crippen LogP contribution in [0.3, 0.4) is 0 Å². The molecule has 2 bridgehead atoms. The highest BCUT2D eigenvalue weighted by Gasteiger charge is 2.51. The topological polar surface area (TPSA) is 69.6 Å². The Kier molecular flexibility index (Phi) is 4.81. The lowest BCUT2D eigenvalue weighted by Gasteiger charge is -2.34. The summed E-state index contributed by atoms with van der Waals surface area (Å²) in [5.74, 6) is -1.72. The number of carbonyl (C=O) groups is 2. The van der Waals surface area contributed by atoms with E-state index in [1.54, 1.807) is 0 Å². The first-order valence-electron chi connectivity index (χ1n) is 9.59. The summed E-state index contributed by atoms with van der Waals surface area (Å²) >= 11 is 0. The number of carboxylic acid groups (broad SMARTS) is 1. The lowest BCUT2D eigenvalue weighted by atomic mass is 9.82. The summed E-state index contributed by atoms with van der Waals surface area (Å²) in [5, 5.41) is 12.7. The number of benzene rings is 1. The van der Waals surface area contributed by atoms with Crippen LogP contribution in [0.15, 0.2) is 42.5 Å². The summed E-state index contributed by atoms with van der Waals surface area (Å²) in [5.41, 5.74) is 1.31. The first-order valence-corrected chi connectivity index (χ1v) is 9.59. The van der Waals surface area contributed by atoms with Gasteiger partial charge in [0.15, 0.2) is 0 Å². The van der Waals surface area contributed by atoms with E-state index in [2.05, 4.69) is 34.5 Å². The number of carbonyl (C=O) groups excluding carboxylic acids is 1. The zero-order valence-electron chi connectivity index (χ0n) is 14.9. The van der Waals surface area contributed by atoms with E-state index < -0.39 is 17.8 Å². The molecule has 1 saturated carbocycles. The van der Waals surface area contributed by atoms with Crippen molar-refractivity contribution in [3.8, 4) is 0 Å². The highest BCUT2D eigenvalue weighted by molar-refractivity contribution is 5.87. The number of piperidine rings is 1. The van der Waals surface area contributed by atoms with Gasteiger partial charge in [-0.05, 0) is 36.7 Å². The fraction of sp³-hybridized carbons (Fsp3) is 0.524. The Balaban J connectivity index is 1.30. The van der Waals surface area contributed by atoms with Crippen LogP contribution in [-0.4, -0.2) is 41.0 Å². The summed E-state index contributed by atoms with van der Waals surface area (Å²) in [7, 11) is 0. The largest absolute Gasteiger partial charge is 0.481 e. The van der Waals surface area contributed by atoms with E-state index in [1.807, 2.05) is 18.2 Å². The van der Waals surface area contributed by atoms with Gasteiger partial charge in [-0.15, -0.1) is 0 Å². The van der Waals surface area contributed by atoms with Crippen molar-refractivity contribution in [2.24, 2.45) is 23.7 Å². The maximum absolute atomic E-state index is 12.8. The quantitative estimate of drug-likeness (QED) is 0.796. The second-order valence-corrected chi connectivity index (χ2v) is 7.88. The molecule has 1 heterocycles. The molecule has 1 aromatic rings. The van der Waals surface area contributed by atoms with Gasteiger partial charge in [0.25, 0.3) is 0 Å². The highest BCUT2D eigenvalue weighted by Crippen LogP contribution is 2.48. The summed E-state index contributed by atoms with van der Waals surface area (Å²) in [4.78, 5) is 26.8. The van der Waals surface area contributed by atoms with Crippen LogP contribution in [0.4, 0.5) is 0 Å². The van der Waals surface area contributed by atoms with Crippen molar-refractivity contribution in [1.29, 1.82) is 0 Å². The van der Waals surface area contributed by atoms with E-state index in [1.165, 1.54) is 5.56 Å². The molecular weight excluding hydrogens is 328 g/mol. The second kappa shape index (κ2) is 7.23. The lowest BCUT2D eigenvalue weighted by molar-refractivity contribution is -0.148. The second-order valence-electron chi connectivity index (χ2n) is 7.88. The third kappa shape index (κ3) is 3.40. The number of amides is 1. The molecule has 26 heavy (non-hydrogen) atoms. The Labute approximate surface area is 154 Å². The summed E-state index contributed by atoms with van der Waals surface area (Å²) in [6, 6.07) is 10.6. The van der Waals surface area contributed by atoms with Gasteiger partial charge in [0.2, 0.25) is 5.91 Å². The Bertz CT molecular complexity index is 694. The van der Waals surface area contributed by atoms with Crippen molar-refractivity contribution in [3.63, 3.8) is 0 Å². The zero-order valence-corrected chi connectivity index (χ0v) is 14.9. The van der Waals surface area contributed by atoms with Gasteiger partial charge in [0.1, 0.15) is 0 Å². The number of fused-ring (bicyclic) bond motifs is 2. The molecule has 1 aromatic carbocycles. The molecule has 2 aliphatic carbocycles. The van der Waals surface area contributed by atoms with Gasteiger partial charge in [-0.2, -0.15) is 0 Å². The molecule has 3 aliphatic rings. The van der Waals surface area contributed by atoms with Gasteiger partial charge in [-0.25, -0.2) is 0 Å². The van der Waals surface area contributed by atoms with Crippen LogP contribution in [-0.2, 0) is 16.1 Å². The van der Waals surface area contributed by atoms with Crippen molar-refractivity contribution < 1.29 is 14.7 Å². The van der Waals surface area contributed by atoms with Gasteiger partial charge in [0, 0.05) is 25.7 Å². The van der Waals surface area contributed by atoms with Crippen molar-refractivity contribution in [2.75, 3.05) is 13.1 Å². The number of rotatable bonds is 5. The van der Waals surface area contributed by atoms with Crippen molar-refractivity contribution in [1.82, 2.24) is 10.2 Å². The smallest absolute Gasteiger partial charge is 0.307 e. The van der Waals surface area contributed by atoms with E-state index >= 15 is 0 Å². The normalized spacial score (nSPS) is 31.2. The van der Waals surface area contributed by atoms with Gasteiger partial charge < -0.3 is 10.4 Å². The average Bonchev–Trinajstić information content (AvgIpc) is 3.25. The van der Waals surface area contributed by atoms with Crippen molar-refractivity contribution in [3.05, 3.63) is 48.0 Å². The van der Waals surface area contributed by atoms with E-state index in [9.17, 15) is 14.7 Å². The summed E-state index contributed by atoms with van der Waals surface area (Å²) < 4.78 is 0. The number of allylic oxidation sites excluding steroid dienone is 2. The predicted molar refractivity (Wildman–Crippen MR) is 98.2 cm³/mol. The summed E-state index contributed by atoms with van der Waals surface area (Å²) in [6.07, 6.45) is 6.68. The minimum absolute atomic E-state index is 0.0287. The number of hydrogen-bond donors (Lipinski definition) is 2. The number of nitrogens with zero attached hydrogens (tertiary/aromatic N) is 1. The molecule has 1 aliphatic heterocycles. The molecule has 4 rings (SSSR count). The predicted octanol–water partition coefficient (Wildman–Crippen LogP) is 2.29. The van der Waals surface area contributed by atoms with Crippen LogP contribution < -0.4 is 5.32 Å². The number of carboxylic acids is 1. The standard InChI is InChI=1S/C21H26N2O3/c24-20(18-15-6-7-16(12-15)19(18)21(25)26)22-17-8-10-23(11-9-17)13-14-4-2-1-3-5-14/h1-7,15-19H,8-13H2,(H,22,24)(H,25,26)/t15-,16+,18-,19-/m0/s1. The van der Waals surface area contributed by atoms with Crippen LogP contribution in [0.2, 0.25) is 0 Å². The molecule has 2 fully saturated rings. The molecule has 0 radical (unpaired) electrons. The van der Waals surface area contributed by atoms with E-state index in [0.717, 1.165) is 38.9 Å². The zero-order chi connectivity index (χ0) is 18.1. The fourth-order valence-corrected chi connectivity index (χ4v) is 4.89. The Morgan fingerprint density at radius 1 is 1.04 bits per heavy atom. The molecule has 1 saturated heterocycles. The molecule has 4 atom stereocenters. The maximum Gasteiger partial charge on any atom is 0.307 e. The van der Waals surface area contributed by atoms with E-state index in [0.29, 0.717) is 0 Å². The average molecular weight is 354 g/mol. The molecule has 5 heteroatoms. The molecule has 1 amide bonds.